The first-order valence-corrected chi connectivity index (χ1v) is 11.2. The van der Waals surface area contributed by atoms with Crippen molar-refractivity contribution in [2.45, 2.75) is 51.4 Å². The van der Waals surface area contributed by atoms with Crippen LogP contribution in [0.2, 0.25) is 5.04 Å². The monoisotopic (exact) mass is 364 g/mol. The molecule has 0 bridgehead atoms. The lowest BCUT2D eigenvalue weighted by Gasteiger charge is -2.44. The zero-order valence-electron chi connectivity index (χ0n) is 16.2. The standard InChI is InChI=1S/C23H28O2Si/c1-19(12-11-13-20-18-24-20)25-26(23(2,3)4,21-14-7-5-8-15-21)22-16-9-6-10-17-22/h5-10,14-17,19-20H,13,18H2,1-4H3. The molecule has 3 heteroatoms. The van der Waals surface area contributed by atoms with Gasteiger partial charge in [0.05, 0.1) is 12.7 Å². The Kier molecular flexibility index (Phi) is 5.67. The maximum Gasteiger partial charge on any atom is 0.262 e. The topological polar surface area (TPSA) is 21.8 Å². The molecule has 0 radical (unpaired) electrons. The number of benzene rings is 2. The van der Waals surface area contributed by atoms with Crippen molar-refractivity contribution in [3.05, 3.63) is 60.7 Å². The molecule has 26 heavy (non-hydrogen) atoms. The van der Waals surface area contributed by atoms with Crippen molar-refractivity contribution >= 4 is 18.7 Å². The van der Waals surface area contributed by atoms with Crippen LogP contribution < -0.4 is 10.4 Å². The molecule has 0 aromatic heterocycles. The number of hydrogen-bond acceptors (Lipinski definition) is 2. The molecule has 1 aliphatic heterocycles. The van der Waals surface area contributed by atoms with Gasteiger partial charge in [0.25, 0.3) is 8.32 Å². The van der Waals surface area contributed by atoms with Crippen LogP contribution in [0.25, 0.3) is 0 Å². The third kappa shape index (κ3) is 4.10. The Morgan fingerprint density at radius 3 is 1.96 bits per heavy atom. The molecule has 3 rings (SSSR count). The minimum absolute atomic E-state index is 0.0226. The second-order valence-electron chi connectivity index (χ2n) is 7.90. The summed E-state index contributed by atoms with van der Waals surface area (Å²) in [6.45, 7) is 9.78. The normalized spacial score (nSPS) is 17.9. The molecule has 0 spiro atoms. The van der Waals surface area contributed by atoms with E-state index in [9.17, 15) is 0 Å². The lowest BCUT2D eigenvalue weighted by atomic mass is 10.2. The van der Waals surface area contributed by atoms with E-state index >= 15 is 0 Å². The van der Waals surface area contributed by atoms with Gasteiger partial charge >= 0.3 is 0 Å². The third-order valence-corrected chi connectivity index (χ3v) is 9.92. The van der Waals surface area contributed by atoms with Crippen molar-refractivity contribution in [3.8, 4) is 11.8 Å². The molecule has 0 N–H and O–H groups in total. The van der Waals surface area contributed by atoms with Crippen molar-refractivity contribution in [2.24, 2.45) is 0 Å². The summed E-state index contributed by atoms with van der Waals surface area (Å²) in [6.07, 6.45) is 1.01. The molecule has 2 unspecified atom stereocenters. The Hall–Kier alpha value is -1.86. The van der Waals surface area contributed by atoms with Crippen molar-refractivity contribution in [3.63, 3.8) is 0 Å². The van der Waals surface area contributed by atoms with E-state index in [0.717, 1.165) is 13.0 Å². The van der Waals surface area contributed by atoms with Gasteiger partial charge in [-0.05, 0) is 22.3 Å². The maximum atomic E-state index is 6.90. The molecule has 1 heterocycles. The summed E-state index contributed by atoms with van der Waals surface area (Å²) in [5.74, 6) is 6.55. The lowest BCUT2D eigenvalue weighted by molar-refractivity contribution is 0.260. The Morgan fingerprint density at radius 1 is 1.04 bits per heavy atom. The number of hydrogen-bond donors (Lipinski definition) is 0. The number of rotatable bonds is 5. The van der Waals surface area contributed by atoms with E-state index in [1.165, 1.54) is 10.4 Å². The highest BCUT2D eigenvalue weighted by Gasteiger charge is 2.50. The first-order valence-electron chi connectivity index (χ1n) is 9.32. The number of ether oxygens (including phenoxy) is 1. The first kappa shape index (κ1) is 18.9. The molecular formula is C23H28O2Si. The van der Waals surface area contributed by atoms with E-state index in [2.05, 4.69) is 100 Å². The quantitative estimate of drug-likeness (QED) is 0.458. The van der Waals surface area contributed by atoms with Gasteiger partial charge in [-0.25, -0.2) is 0 Å². The van der Waals surface area contributed by atoms with Crippen molar-refractivity contribution in [2.75, 3.05) is 6.61 Å². The fraction of sp³-hybridized carbons (Fsp3) is 0.391. The molecule has 0 aliphatic carbocycles. The van der Waals surface area contributed by atoms with Gasteiger partial charge in [-0.2, -0.15) is 0 Å². The van der Waals surface area contributed by atoms with Gasteiger partial charge in [0, 0.05) is 6.42 Å². The van der Waals surface area contributed by atoms with Crippen LogP contribution in [0, 0.1) is 11.8 Å². The van der Waals surface area contributed by atoms with Crippen molar-refractivity contribution in [1.82, 2.24) is 0 Å². The van der Waals surface area contributed by atoms with Crippen LogP contribution in [-0.2, 0) is 9.16 Å². The molecular weight excluding hydrogens is 336 g/mol. The predicted molar refractivity (Wildman–Crippen MR) is 110 cm³/mol. The minimum atomic E-state index is -2.51. The summed E-state index contributed by atoms with van der Waals surface area (Å²) in [5.41, 5.74) is 0. The average molecular weight is 365 g/mol. The van der Waals surface area contributed by atoms with E-state index in [1.807, 2.05) is 0 Å². The van der Waals surface area contributed by atoms with Crippen LogP contribution in [0.5, 0.6) is 0 Å². The molecule has 0 amide bonds. The zero-order chi connectivity index (χ0) is 18.6. The van der Waals surface area contributed by atoms with Crippen molar-refractivity contribution in [1.29, 1.82) is 0 Å². The highest BCUT2D eigenvalue weighted by Crippen LogP contribution is 2.37. The van der Waals surface area contributed by atoms with E-state index in [1.54, 1.807) is 0 Å². The van der Waals surface area contributed by atoms with E-state index < -0.39 is 8.32 Å². The smallest absolute Gasteiger partial charge is 0.262 e. The van der Waals surface area contributed by atoms with Crippen LogP contribution in [-0.4, -0.2) is 27.1 Å². The average Bonchev–Trinajstić information content (AvgIpc) is 3.44. The SMILES string of the molecule is CC(C#CCC1CO1)O[Si](c1ccccc1)(c1ccccc1)C(C)(C)C. The lowest BCUT2D eigenvalue weighted by Crippen LogP contribution is -2.67. The molecule has 1 fully saturated rings. The van der Waals surface area contributed by atoms with Gasteiger partial charge in [0.2, 0.25) is 0 Å². The largest absolute Gasteiger partial charge is 0.394 e. The summed E-state index contributed by atoms with van der Waals surface area (Å²) < 4.78 is 12.2. The molecule has 2 atom stereocenters. The second-order valence-corrected chi connectivity index (χ2v) is 12.2. The second kappa shape index (κ2) is 7.80. The molecule has 0 saturated carbocycles. The highest BCUT2D eigenvalue weighted by atomic mass is 28.4. The molecule has 1 saturated heterocycles. The fourth-order valence-electron chi connectivity index (χ4n) is 3.49. The van der Waals surface area contributed by atoms with E-state index in [4.69, 9.17) is 9.16 Å². The van der Waals surface area contributed by atoms with Gasteiger partial charge < -0.3 is 9.16 Å². The molecule has 1 aliphatic rings. The predicted octanol–water partition coefficient (Wildman–Crippen LogP) is 3.74. The van der Waals surface area contributed by atoms with E-state index in [-0.39, 0.29) is 11.1 Å². The molecule has 2 aromatic carbocycles. The Bertz CT molecular complexity index is 725. The van der Waals surface area contributed by atoms with Crippen molar-refractivity contribution < 1.29 is 9.16 Å². The Morgan fingerprint density at radius 2 is 1.54 bits per heavy atom. The van der Waals surface area contributed by atoms with Crippen LogP contribution in [0.15, 0.2) is 60.7 Å². The third-order valence-electron chi connectivity index (χ3n) is 4.81. The van der Waals surface area contributed by atoms with Crippen LogP contribution in [0.3, 0.4) is 0 Å². The summed E-state index contributed by atoms with van der Waals surface area (Å²) in [7, 11) is -2.51. The molecule has 136 valence electrons. The Balaban J connectivity index is 2.03. The van der Waals surface area contributed by atoms with E-state index in [0.29, 0.717) is 6.10 Å². The van der Waals surface area contributed by atoms with Gasteiger partial charge in [0.1, 0.15) is 6.10 Å². The Labute approximate surface area is 158 Å². The maximum absolute atomic E-state index is 6.90. The minimum Gasteiger partial charge on any atom is -0.394 e. The van der Waals surface area contributed by atoms with Crippen LogP contribution in [0.1, 0.15) is 34.1 Å². The van der Waals surface area contributed by atoms with Gasteiger partial charge in [-0.1, -0.05) is 93.3 Å². The van der Waals surface area contributed by atoms with Crippen LogP contribution >= 0.6 is 0 Å². The molecule has 2 aromatic rings. The number of epoxide rings is 1. The first-order chi connectivity index (χ1) is 12.4. The fourth-order valence-corrected chi connectivity index (χ4v) is 8.09. The zero-order valence-corrected chi connectivity index (χ0v) is 17.2. The van der Waals surface area contributed by atoms with Crippen LogP contribution in [0.4, 0.5) is 0 Å². The summed E-state index contributed by atoms with van der Waals surface area (Å²) in [4.78, 5) is 0. The van der Waals surface area contributed by atoms with Gasteiger partial charge in [-0.3, -0.25) is 0 Å². The molecule has 2 nitrogen and oxygen atoms in total. The van der Waals surface area contributed by atoms with Gasteiger partial charge in [-0.15, -0.1) is 0 Å². The summed E-state index contributed by atoms with van der Waals surface area (Å²) in [6, 6.07) is 21.4. The summed E-state index contributed by atoms with van der Waals surface area (Å²) in [5, 5.41) is 2.56. The highest BCUT2D eigenvalue weighted by molar-refractivity contribution is 6.99. The summed E-state index contributed by atoms with van der Waals surface area (Å²) >= 11 is 0. The van der Waals surface area contributed by atoms with Gasteiger partial charge in [0.15, 0.2) is 0 Å².